The van der Waals surface area contributed by atoms with E-state index in [0.29, 0.717) is 5.56 Å². The van der Waals surface area contributed by atoms with Crippen LogP contribution in [0.4, 0.5) is 17.6 Å². The number of carboxylic acid groups (broad SMARTS) is 1. The molecule has 2 aromatic rings. The molecule has 0 aliphatic heterocycles. The molecule has 1 N–H and O–H groups in total. The zero-order valence-corrected chi connectivity index (χ0v) is 10.6. The first kappa shape index (κ1) is 15.0. The molecule has 0 unspecified atom stereocenters. The van der Waals surface area contributed by atoms with Crippen molar-refractivity contribution in [3.8, 4) is 0 Å². The molecule has 0 fully saturated rings. The first-order valence-electron chi connectivity index (χ1n) is 5.95. The molecule has 0 bridgehead atoms. The van der Waals surface area contributed by atoms with Crippen LogP contribution in [0, 0.1) is 5.82 Å². The van der Waals surface area contributed by atoms with E-state index in [9.17, 15) is 22.4 Å². The lowest BCUT2D eigenvalue weighted by atomic mass is 10.0. The number of benzene rings is 2. The first-order valence-corrected chi connectivity index (χ1v) is 5.95. The van der Waals surface area contributed by atoms with Crippen LogP contribution in [0.3, 0.4) is 0 Å². The fourth-order valence-corrected chi connectivity index (χ4v) is 1.86. The van der Waals surface area contributed by atoms with E-state index in [1.165, 1.54) is 24.3 Å². The molecule has 6 heteroatoms. The summed E-state index contributed by atoms with van der Waals surface area (Å²) in [6, 6.07) is 7.86. The van der Waals surface area contributed by atoms with Gasteiger partial charge in [-0.15, -0.1) is 0 Å². The minimum atomic E-state index is -4.41. The van der Waals surface area contributed by atoms with Gasteiger partial charge in [-0.25, -0.2) is 9.18 Å². The van der Waals surface area contributed by atoms with Crippen LogP contribution in [-0.2, 0) is 12.6 Å². The normalized spacial score (nSPS) is 11.4. The molecule has 0 saturated heterocycles. The van der Waals surface area contributed by atoms with E-state index in [-0.39, 0.29) is 17.5 Å². The lowest BCUT2D eigenvalue weighted by Gasteiger charge is -2.08. The summed E-state index contributed by atoms with van der Waals surface area (Å²) >= 11 is 0. The SMILES string of the molecule is O=C(O)c1ccc(Cc2ccc(C(F)(F)F)cc2)c(F)c1. The zero-order chi connectivity index (χ0) is 15.6. The Morgan fingerprint density at radius 2 is 1.67 bits per heavy atom. The summed E-state index contributed by atoms with van der Waals surface area (Å²) < 4.78 is 51.0. The third-order valence-electron chi connectivity index (χ3n) is 2.98. The van der Waals surface area contributed by atoms with Crippen molar-refractivity contribution in [2.24, 2.45) is 0 Å². The lowest BCUT2D eigenvalue weighted by Crippen LogP contribution is -2.05. The number of carboxylic acids is 1. The number of hydrogen-bond donors (Lipinski definition) is 1. The van der Waals surface area contributed by atoms with Crippen LogP contribution in [0.1, 0.15) is 27.0 Å². The van der Waals surface area contributed by atoms with Crippen molar-refractivity contribution in [1.82, 2.24) is 0 Å². The van der Waals surface area contributed by atoms with Crippen LogP contribution < -0.4 is 0 Å². The average molecular weight is 298 g/mol. The fraction of sp³-hybridized carbons (Fsp3) is 0.133. The standard InChI is InChI=1S/C15H10F4O2/c16-13-8-11(14(20)21)4-3-10(13)7-9-1-5-12(6-2-9)15(17,18)19/h1-6,8H,7H2,(H,20,21). The van der Waals surface area contributed by atoms with Crippen molar-refractivity contribution in [3.05, 3.63) is 70.5 Å². The summed E-state index contributed by atoms with van der Waals surface area (Å²) in [5, 5.41) is 8.72. The number of alkyl halides is 3. The molecule has 2 nitrogen and oxygen atoms in total. The maximum Gasteiger partial charge on any atom is 0.416 e. The lowest BCUT2D eigenvalue weighted by molar-refractivity contribution is -0.137. The van der Waals surface area contributed by atoms with E-state index in [2.05, 4.69) is 0 Å². The molecule has 110 valence electrons. The van der Waals surface area contributed by atoms with Gasteiger partial charge in [-0.1, -0.05) is 18.2 Å². The second-order valence-corrected chi connectivity index (χ2v) is 4.48. The van der Waals surface area contributed by atoms with Gasteiger partial charge in [0, 0.05) is 6.42 Å². The van der Waals surface area contributed by atoms with E-state index in [0.717, 1.165) is 18.2 Å². The molecule has 0 aliphatic carbocycles. The predicted molar refractivity (Wildman–Crippen MR) is 67.6 cm³/mol. The third kappa shape index (κ3) is 3.59. The minimum absolute atomic E-state index is 0.0872. The van der Waals surface area contributed by atoms with Gasteiger partial charge in [-0.2, -0.15) is 13.2 Å². The van der Waals surface area contributed by atoms with Crippen LogP contribution in [0.5, 0.6) is 0 Å². The minimum Gasteiger partial charge on any atom is -0.478 e. The number of aromatic carboxylic acids is 1. The summed E-state index contributed by atoms with van der Waals surface area (Å²) in [7, 11) is 0. The van der Waals surface area contributed by atoms with Crippen molar-refractivity contribution >= 4 is 5.97 Å². The second kappa shape index (κ2) is 5.55. The zero-order valence-electron chi connectivity index (χ0n) is 10.6. The Kier molecular flexibility index (Phi) is 3.97. The molecule has 21 heavy (non-hydrogen) atoms. The third-order valence-corrected chi connectivity index (χ3v) is 2.98. The van der Waals surface area contributed by atoms with Crippen LogP contribution in [-0.4, -0.2) is 11.1 Å². The van der Waals surface area contributed by atoms with E-state index in [1.807, 2.05) is 0 Å². The Morgan fingerprint density at radius 3 is 2.14 bits per heavy atom. The van der Waals surface area contributed by atoms with Gasteiger partial charge >= 0.3 is 12.1 Å². The smallest absolute Gasteiger partial charge is 0.416 e. The van der Waals surface area contributed by atoms with Gasteiger partial charge in [0.05, 0.1) is 11.1 Å². The van der Waals surface area contributed by atoms with Gasteiger partial charge in [-0.3, -0.25) is 0 Å². The van der Waals surface area contributed by atoms with Gasteiger partial charge in [0.2, 0.25) is 0 Å². The van der Waals surface area contributed by atoms with Crippen molar-refractivity contribution in [1.29, 1.82) is 0 Å². The number of carbonyl (C=O) groups is 1. The van der Waals surface area contributed by atoms with Crippen LogP contribution >= 0.6 is 0 Å². The maximum atomic E-state index is 13.7. The van der Waals surface area contributed by atoms with Crippen LogP contribution in [0.2, 0.25) is 0 Å². The number of hydrogen-bond acceptors (Lipinski definition) is 1. The van der Waals surface area contributed by atoms with Gasteiger partial charge in [0.15, 0.2) is 0 Å². The van der Waals surface area contributed by atoms with Gasteiger partial charge < -0.3 is 5.11 Å². The Balaban J connectivity index is 2.20. The summed E-state index contributed by atoms with van der Waals surface area (Å²) in [5.74, 6) is -1.94. The van der Waals surface area contributed by atoms with E-state index in [1.54, 1.807) is 0 Å². The van der Waals surface area contributed by atoms with Crippen LogP contribution in [0.15, 0.2) is 42.5 Å². The first-order chi connectivity index (χ1) is 9.77. The predicted octanol–water partition coefficient (Wildman–Crippen LogP) is 4.13. The number of halogens is 4. The Morgan fingerprint density at radius 1 is 1.05 bits per heavy atom. The van der Waals surface area contributed by atoms with E-state index < -0.39 is 23.5 Å². The van der Waals surface area contributed by atoms with E-state index >= 15 is 0 Å². The van der Waals surface area contributed by atoms with Gasteiger partial charge in [0.25, 0.3) is 0 Å². The summed E-state index contributed by atoms with van der Waals surface area (Å²) in [4.78, 5) is 10.7. The molecule has 0 saturated carbocycles. The summed E-state index contributed by atoms with van der Waals surface area (Å²) in [6.45, 7) is 0. The molecular formula is C15H10F4O2. The van der Waals surface area contributed by atoms with Crippen molar-refractivity contribution in [2.75, 3.05) is 0 Å². The molecule has 2 aromatic carbocycles. The Bertz CT molecular complexity index is 660. The van der Waals surface area contributed by atoms with Gasteiger partial charge in [-0.05, 0) is 35.4 Å². The van der Waals surface area contributed by atoms with E-state index in [4.69, 9.17) is 5.11 Å². The van der Waals surface area contributed by atoms with Crippen LogP contribution in [0.25, 0.3) is 0 Å². The maximum absolute atomic E-state index is 13.7. The molecule has 0 radical (unpaired) electrons. The molecule has 0 aliphatic rings. The molecule has 0 aromatic heterocycles. The van der Waals surface area contributed by atoms with Crippen molar-refractivity contribution in [3.63, 3.8) is 0 Å². The second-order valence-electron chi connectivity index (χ2n) is 4.48. The highest BCUT2D eigenvalue weighted by molar-refractivity contribution is 5.87. The highest BCUT2D eigenvalue weighted by Crippen LogP contribution is 2.29. The largest absolute Gasteiger partial charge is 0.478 e. The monoisotopic (exact) mass is 298 g/mol. The highest BCUT2D eigenvalue weighted by Gasteiger charge is 2.29. The molecule has 0 heterocycles. The summed E-state index contributed by atoms with van der Waals surface area (Å²) in [5.41, 5.74) is -0.221. The fourth-order valence-electron chi connectivity index (χ4n) is 1.86. The van der Waals surface area contributed by atoms with Gasteiger partial charge in [0.1, 0.15) is 5.82 Å². The highest BCUT2D eigenvalue weighted by atomic mass is 19.4. The molecule has 2 rings (SSSR count). The summed E-state index contributed by atoms with van der Waals surface area (Å²) in [6.07, 6.45) is -4.32. The quantitative estimate of drug-likeness (QED) is 0.865. The van der Waals surface area contributed by atoms with Crippen molar-refractivity contribution < 1.29 is 27.5 Å². The van der Waals surface area contributed by atoms with Crippen molar-refractivity contribution in [2.45, 2.75) is 12.6 Å². The Labute approximate surface area is 117 Å². The molecular weight excluding hydrogens is 288 g/mol. The average Bonchev–Trinajstić information content (AvgIpc) is 2.40. The molecule has 0 atom stereocenters. The number of rotatable bonds is 3. The molecule has 0 spiro atoms. The topological polar surface area (TPSA) is 37.3 Å². The molecule has 0 amide bonds. The Hall–Kier alpha value is -2.37.